The summed E-state index contributed by atoms with van der Waals surface area (Å²) >= 11 is 0. The van der Waals surface area contributed by atoms with E-state index < -0.39 is 0 Å². The number of hydrogen-bond acceptors (Lipinski definition) is 3. The second-order valence-electron chi connectivity index (χ2n) is 7.08. The molecule has 0 heterocycles. The highest BCUT2D eigenvalue weighted by Gasteiger charge is 1.93. The van der Waals surface area contributed by atoms with E-state index in [1.54, 1.807) is 0 Å². The SMILES string of the molecule is C=C(C=O)CCCCCCCCC.CCCCCCCCCCC=O.CO. The molecule has 0 spiro atoms. The van der Waals surface area contributed by atoms with Crippen LogP contribution in [-0.2, 0) is 9.59 Å². The summed E-state index contributed by atoms with van der Waals surface area (Å²) in [4.78, 5) is 20.2. The van der Waals surface area contributed by atoms with E-state index in [2.05, 4.69) is 20.4 Å². The van der Waals surface area contributed by atoms with E-state index in [1.807, 2.05) is 0 Å². The summed E-state index contributed by atoms with van der Waals surface area (Å²) in [5.74, 6) is 0. The van der Waals surface area contributed by atoms with Gasteiger partial charge in [0.25, 0.3) is 0 Å². The standard InChI is InChI=1S/C12H22O.C11H22O.CH4O/c1-3-4-5-6-7-8-9-10-12(2)11-13;1-2-3-4-5-6-7-8-9-10-11-12;1-2/h11H,2-10H2,1H3;11H,2-10H2,1H3;2H,1H3. The molecule has 0 radical (unpaired) electrons. The fraction of sp³-hybridized carbons (Fsp3) is 0.833. The largest absolute Gasteiger partial charge is 0.400 e. The van der Waals surface area contributed by atoms with Gasteiger partial charge in [-0.25, -0.2) is 0 Å². The second kappa shape index (κ2) is 32.7. The summed E-state index contributed by atoms with van der Waals surface area (Å²) in [6.45, 7) is 8.12. The van der Waals surface area contributed by atoms with Crippen LogP contribution in [0, 0.1) is 0 Å². The van der Waals surface area contributed by atoms with Crippen LogP contribution in [0.3, 0.4) is 0 Å². The van der Waals surface area contributed by atoms with Crippen molar-refractivity contribution in [3.63, 3.8) is 0 Å². The van der Waals surface area contributed by atoms with E-state index >= 15 is 0 Å². The van der Waals surface area contributed by atoms with E-state index in [9.17, 15) is 9.59 Å². The normalized spacial score (nSPS) is 9.48. The number of aliphatic hydroxyl groups excluding tert-OH is 1. The molecule has 162 valence electrons. The summed E-state index contributed by atoms with van der Waals surface area (Å²) in [7, 11) is 1.00. The third-order valence-corrected chi connectivity index (χ3v) is 4.44. The zero-order chi connectivity index (χ0) is 21.0. The zero-order valence-corrected chi connectivity index (χ0v) is 18.6. The summed E-state index contributed by atoms with van der Waals surface area (Å²) in [6, 6.07) is 0. The van der Waals surface area contributed by atoms with Crippen LogP contribution < -0.4 is 0 Å². The number of rotatable bonds is 18. The lowest BCUT2D eigenvalue weighted by Crippen LogP contribution is -1.84. The second-order valence-corrected chi connectivity index (χ2v) is 7.08. The van der Waals surface area contributed by atoms with Crippen molar-refractivity contribution in [2.75, 3.05) is 7.11 Å². The van der Waals surface area contributed by atoms with E-state index in [1.165, 1.54) is 83.5 Å². The Hall–Kier alpha value is -0.960. The fourth-order valence-electron chi connectivity index (χ4n) is 2.73. The minimum Gasteiger partial charge on any atom is -0.400 e. The molecule has 27 heavy (non-hydrogen) atoms. The zero-order valence-electron chi connectivity index (χ0n) is 18.6. The highest BCUT2D eigenvalue weighted by atomic mass is 16.2. The Balaban J connectivity index is -0.000000391. The van der Waals surface area contributed by atoms with E-state index in [0.717, 1.165) is 50.9 Å². The molecule has 0 unspecified atom stereocenters. The molecule has 0 rings (SSSR count). The maximum absolute atomic E-state index is 10.2. The third kappa shape index (κ3) is 36.7. The maximum atomic E-state index is 10.2. The van der Waals surface area contributed by atoms with Crippen LogP contribution in [0.5, 0.6) is 0 Å². The molecule has 0 bridgehead atoms. The molecule has 0 aliphatic carbocycles. The Morgan fingerprint density at radius 3 is 1.41 bits per heavy atom. The first kappa shape index (κ1) is 30.8. The maximum Gasteiger partial charge on any atom is 0.145 e. The van der Waals surface area contributed by atoms with Crippen LogP contribution in [-0.4, -0.2) is 24.8 Å². The average molecular weight is 385 g/mol. The summed E-state index contributed by atoms with van der Waals surface area (Å²) in [5.41, 5.74) is 0.744. The average Bonchev–Trinajstić information content (AvgIpc) is 2.71. The lowest BCUT2D eigenvalue weighted by molar-refractivity contribution is -0.108. The number of carbonyl (C=O) groups is 2. The van der Waals surface area contributed by atoms with Gasteiger partial charge in [0.15, 0.2) is 0 Å². The van der Waals surface area contributed by atoms with Gasteiger partial charge < -0.3 is 9.90 Å². The first-order valence-electron chi connectivity index (χ1n) is 11.2. The summed E-state index contributed by atoms with van der Waals surface area (Å²) in [6.07, 6.45) is 23.1. The Kier molecular flexibility index (Phi) is 37.2. The van der Waals surface area contributed by atoms with Crippen molar-refractivity contribution in [2.24, 2.45) is 0 Å². The smallest absolute Gasteiger partial charge is 0.145 e. The molecule has 0 saturated carbocycles. The summed E-state index contributed by atoms with van der Waals surface area (Å²) < 4.78 is 0. The number of aldehydes is 2. The molecule has 0 aromatic heterocycles. The third-order valence-electron chi connectivity index (χ3n) is 4.44. The predicted molar refractivity (Wildman–Crippen MR) is 119 cm³/mol. The van der Waals surface area contributed by atoms with Crippen molar-refractivity contribution >= 4 is 12.6 Å². The number of allylic oxidation sites excluding steroid dienone is 1. The Morgan fingerprint density at radius 1 is 0.667 bits per heavy atom. The van der Waals surface area contributed by atoms with Gasteiger partial charge in [0, 0.05) is 13.5 Å². The van der Waals surface area contributed by atoms with Crippen molar-refractivity contribution in [2.45, 2.75) is 123 Å². The fourth-order valence-corrected chi connectivity index (χ4v) is 2.73. The molecule has 0 aliphatic heterocycles. The van der Waals surface area contributed by atoms with Crippen LogP contribution in [0.15, 0.2) is 12.2 Å². The Morgan fingerprint density at radius 2 is 1.04 bits per heavy atom. The van der Waals surface area contributed by atoms with E-state index in [-0.39, 0.29) is 0 Å². The molecule has 0 atom stereocenters. The van der Waals surface area contributed by atoms with Crippen molar-refractivity contribution in [1.29, 1.82) is 0 Å². The van der Waals surface area contributed by atoms with Gasteiger partial charge in [0.2, 0.25) is 0 Å². The van der Waals surface area contributed by atoms with Gasteiger partial charge in [-0.2, -0.15) is 0 Å². The number of hydrogen-bond donors (Lipinski definition) is 1. The quantitative estimate of drug-likeness (QED) is 0.154. The van der Waals surface area contributed by atoms with E-state index in [4.69, 9.17) is 5.11 Å². The number of carbonyl (C=O) groups excluding carboxylic acids is 2. The van der Waals surface area contributed by atoms with Gasteiger partial charge >= 0.3 is 0 Å². The van der Waals surface area contributed by atoms with Gasteiger partial charge in [0.1, 0.15) is 12.6 Å². The molecule has 0 saturated heterocycles. The van der Waals surface area contributed by atoms with Gasteiger partial charge in [-0.1, -0.05) is 104 Å². The molecular weight excluding hydrogens is 336 g/mol. The number of aliphatic hydroxyl groups is 1. The topological polar surface area (TPSA) is 54.4 Å². The van der Waals surface area contributed by atoms with Crippen molar-refractivity contribution < 1.29 is 14.7 Å². The van der Waals surface area contributed by atoms with Gasteiger partial charge in [-0.3, -0.25) is 4.79 Å². The monoisotopic (exact) mass is 384 g/mol. The lowest BCUT2D eigenvalue weighted by atomic mass is 10.1. The Labute approximate surface area is 170 Å². The van der Waals surface area contributed by atoms with Crippen LogP contribution in [0.2, 0.25) is 0 Å². The predicted octanol–water partition coefficient (Wildman–Crippen LogP) is 7.21. The Bertz CT molecular complexity index is 287. The number of unbranched alkanes of at least 4 members (excludes halogenated alkanes) is 14. The molecule has 0 fully saturated rings. The van der Waals surface area contributed by atoms with Crippen LogP contribution in [0.1, 0.15) is 123 Å². The molecule has 0 aromatic rings. The van der Waals surface area contributed by atoms with Crippen molar-refractivity contribution in [3.05, 3.63) is 12.2 Å². The lowest BCUT2D eigenvalue weighted by Gasteiger charge is -2.00. The van der Waals surface area contributed by atoms with Gasteiger partial charge in [-0.15, -0.1) is 0 Å². The molecule has 3 nitrogen and oxygen atoms in total. The molecular formula is C24H48O3. The molecule has 0 amide bonds. The first-order chi connectivity index (χ1) is 13.2. The minimum atomic E-state index is 0.744. The molecule has 0 aromatic carbocycles. The first-order valence-corrected chi connectivity index (χ1v) is 11.2. The van der Waals surface area contributed by atoms with Gasteiger partial charge in [0.05, 0.1) is 0 Å². The van der Waals surface area contributed by atoms with Crippen LogP contribution >= 0.6 is 0 Å². The highest BCUT2D eigenvalue weighted by Crippen LogP contribution is 2.10. The van der Waals surface area contributed by atoms with Gasteiger partial charge in [-0.05, 0) is 24.8 Å². The van der Waals surface area contributed by atoms with Crippen molar-refractivity contribution in [1.82, 2.24) is 0 Å². The van der Waals surface area contributed by atoms with Crippen LogP contribution in [0.4, 0.5) is 0 Å². The molecule has 3 heteroatoms. The van der Waals surface area contributed by atoms with Crippen molar-refractivity contribution in [3.8, 4) is 0 Å². The summed E-state index contributed by atoms with van der Waals surface area (Å²) in [5, 5.41) is 7.00. The van der Waals surface area contributed by atoms with Crippen LogP contribution in [0.25, 0.3) is 0 Å². The van der Waals surface area contributed by atoms with E-state index in [0.29, 0.717) is 0 Å². The minimum absolute atomic E-state index is 0.744. The molecule has 1 N–H and O–H groups in total. The molecule has 0 aliphatic rings. The highest BCUT2D eigenvalue weighted by molar-refractivity contribution is 5.71.